The highest BCUT2D eigenvalue weighted by Gasteiger charge is 2.32. The van der Waals surface area contributed by atoms with Gasteiger partial charge in [-0.05, 0) is 26.0 Å². The van der Waals surface area contributed by atoms with Crippen LogP contribution in [0.1, 0.15) is 38.3 Å². The van der Waals surface area contributed by atoms with Crippen LogP contribution in [-0.2, 0) is 0 Å². The molecule has 118 valence electrons. The predicted octanol–water partition coefficient (Wildman–Crippen LogP) is 2.63. The smallest absolute Gasteiger partial charge is 0.128 e. The molecule has 0 bridgehead atoms. The van der Waals surface area contributed by atoms with E-state index in [0.717, 1.165) is 38.0 Å². The van der Waals surface area contributed by atoms with Gasteiger partial charge in [0.1, 0.15) is 5.82 Å². The second-order valence-corrected chi connectivity index (χ2v) is 6.08. The number of halogens is 1. The molecule has 0 aromatic heterocycles. The van der Waals surface area contributed by atoms with E-state index in [1.54, 1.807) is 6.07 Å². The molecule has 3 unspecified atom stereocenters. The lowest BCUT2D eigenvalue weighted by atomic mass is 9.94. The Bertz CT molecular complexity index is 451. The van der Waals surface area contributed by atoms with Crippen molar-refractivity contribution in [2.75, 3.05) is 26.7 Å². The standard InChI is InChI=1S/C17H28FN3/c1-4-13-12-21(11-10-20(13)3)17(16(19)5-2)14-8-6-7-9-15(14)18/h6-9,13,16-17H,4-5,10-12,19H2,1-3H3. The molecular formula is C17H28FN3. The van der Waals surface area contributed by atoms with Crippen LogP contribution in [0.4, 0.5) is 4.39 Å². The predicted molar refractivity (Wildman–Crippen MR) is 85.7 cm³/mol. The summed E-state index contributed by atoms with van der Waals surface area (Å²) >= 11 is 0. The Hall–Kier alpha value is -0.970. The SMILES string of the molecule is CCC(N)C(c1ccccc1F)N1CCN(C)C(CC)C1. The van der Waals surface area contributed by atoms with Crippen LogP contribution in [-0.4, -0.2) is 48.6 Å². The Morgan fingerprint density at radius 1 is 1.29 bits per heavy atom. The number of hydrogen-bond acceptors (Lipinski definition) is 3. The third-order valence-electron chi connectivity index (χ3n) is 4.77. The molecular weight excluding hydrogens is 265 g/mol. The molecule has 2 rings (SSSR count). The Balaban J connectivity index is 2.27. The van der Waals surface area contributed by atoms with E-state index in [0.29, 0.717) is 6.04 Å². The summed E-state index contributed by atoms with van der Waals surface area (Å²) in [5.74, 6) is -0.140. The average Bonchev–Trinajstić information content (AvgIpc) is 2.50. The van der Waals surface area contributed by atoms with Crippen molar-refractivity contribution < 1.29 is 4.39 Å². The van der Waals surface area contributed by atoms with Gasteiger partial charge < -0.3 is 10.6 Å². The molecule has 21 heavy (non-hydrogen) atoms. The van der Waals surface area contributed by atoms with E-state index in [9.17, 15) is 4.39 Å². The van der Waals surface area contributed by atoms with Gasteiger partial charge in [-0.1, -0.05) is 32.0 Å². The fraction of sp³-hybridized carbons (Fsp3) is 0.647. The van der Waals surface area contributed by atoms with Crippen molar-refractivity contribution in [2.45, 2.75) is 44.8 Å². The van der Waals surface area contributed by atoms with E-state index in [-0.39, 0.29) is 17.9 Å². The number of nitrogens with two attached hydrogens (primary N) is 1. The first-order valence-corrected chi connectivity index (χ1v) is 8.02. The van der Waals surface area contributed by atoms with Crippen molar-refractivity contribution in [3.05, 3.63) is 35.6 Å². The lowest BCUT2D eigenvalue weighted by Gasteiger charge is -2.44. The topological polar surface area (TPSA) is 32.5 Å². The zero-order valence-corrected chi connectivity index (χ0v) is 13.4. The molecule has 0 amide bonds. The molecule has 1 saturated heterocycles. The first kappa shape index (κ1) is 16.4. The molecule has 3 nitrogen and oxygen atoms in total. The van der Waals surface area contributed by atoms with Crippen molar-refractivity contribution in [3.63, 3.8) is 0 Å². The van der Waals surface area contributed by atoms with Gasteiger partial charge >= 0.3 is 0 Å². The minimum Gasteiger partial charge on any atom is -0.326 e. The van der Waals surface area contributed by atoms with Gasteiger partial charge in [-0.3, -0.25) is 4.90 Å². The van der Waals surface area contributed by atoms with Gasteiger partial charge in [-0.2, -0.15) is 0 Å². The van der Waals surface area contributed by atoms with Crippen LogP contribution in [0.25, 0.3) is 0 Å². The number of benzene rings is 1. The maximum Gasteiger partial charge on any atom is 0.128 e. The summed E-state index contributed by atoms with van der Waals surface area (Å²) in [5, 5.41) is 0. The van der Waals surface area contributed by atoms with Gasteiger partial charge in [0.2, 0.25) is 0 Å². The molecule has 2 N–H and O–H groups in total. The summed E-state index contributed by atoms with van der Waals surface area (Å²) in [7, 11) is 2.17. The van der Waals surface area contributed by atoms with E-state index in [4.69, 9.17) is 5.73 Å². The molecule has 1 fully saturated rings. The fourth-order valence-electron chi connectivity index (χ4n) is 3.30. The molecule has 1 aliphatic rings. The van der Waals surface area contributed by atoms with Crippen molar-refractivity contribution >= 4 is 0 Å². The van der Waals surface area contributed by atoms with E-state index >= 15 is 0 Å². The largest absolute Gasteiger partial charge is 0.326 e. The van der Waals surface area contributed by atoms with Crippen LogP contribution >= 0.6 is 0 Å². The minimum absolute atomic E-state index is 0.0288. The third-order valence-corrected chi connectivity index (χ3v) is 4.77. The summed E-state index contributed by atoms with van der Waals surface area (Å²) in [6.45, 7) is 7.20. The van der Waals surface area contributed by atoms with E-state index in [1.165, 1.54) is 6.07 Å². The molecule has 1 aromatic rings. The third kappa shape index (κ3) is 3.62. The van der Waals surface area contributed by atoms with E-state index in [1.807, 2.05) is 12.1 Å². The molecule has 1 heterocycles. The lowest BCUT2D eigenvalue weighted by molar-refractivity contribution is 0.0512. The summed E-state index contributed by atoms with van der Waals surface area (Å²) in [6, 6.07) is 7.53. The highest BCUT2D eigenvalue weighted by Crippen LogP contribution is 2.29. The van der Waals surface area contributed by atoms with Crippen molar-refractivity contribution in [2.24, 2.45) is 5.73 Å². The maximum absolute atomic E-state index is 14.3. The number of piperazine rings is 1. The maximum atomic E-state index is 14.3. The molecule has 3 atom stereocenters. The number of hydrogen-bond donors (Lipinski definition) is 1. The zero-order chi connectivity index (χ0) is 15.4. The molecule has 1 aliphatic heterocycles. The van der Waals surface area contributed by atoms with Crippen LogP contribution in [0.2, 0.25) is 0 Å². The summed E-state index contributed by atoms with van der Waals surface area (Å²) in [4.78, 5) is 4.77. The van der Waals surface area contributed by atoms with Gasteiger partial charge in [-0.25, -0.2) is 4.39 Å². The van der Waals surface area contributed by atoms with Gasteiger partial charge in [0.15, 0.2) is 0 Å². The molecule has 0 saturated carbocycles. The van der Waals surface area contributed by atoms with Crippen LogP contribution in [0, 0.1) is 5.82 Å². The van der Waals surface area contributed by atoms with Gasteiger partial charge in [0.05, 0.1) is 6.04 Å². The normalized spacial score (nSPS) is 24.0. The minimum atomic E-state index is -0.140. The van der Waals surface area contributed by atoms with Crippen LogP contribution in [0.3, 0.4) is 0 Å². The first-order chi connectivity index (χ1) is 10.1. The lowest BCUT2D eigenvalue weighted by Crippen LogP contribution is -2.54. The molecule has 4 heteroatoms. The average molecular weight is 293 g/mol. The number of nitrogens with zero attached hydrogens (tertiary/aromatic N) is 2. The first-order valence-electron chi connectivity index (χ1n) is 8.02. The summed E-state index contributed by atoms with van der Waals surface area (Å²) < 4.78 is 14.3. The van der Waals surface area contributed by atoms with Crippen molar-refractivity contribution in [3.8, 4) is 0 Å². The van der Waals surface area contributed by atoms with E-state index < -0.39 is 0 Å². The fourth-order valence-corrected chi connectivity index (χ4v) is 3.30. The number of rotatable bonds is 5. The van der Waals surface area contributed by atoms with Crippen LogP contribution < -0.4 is 5.73 Å². The summed E-state index contributed by atoms with van der Waals surface area (Å²) in [6.07, 6.45) is 1.96. The Morgan fingerprint density at radius 2 is 2.00 bits per heavy atom. The van der Waals surface area contributed by atoms with Crippen LogP contribution in [0.15, 0.2) is 24.3 Å². The van der Waals surface area contributed by atoms with E-state index in [2.05, 4.69) is 30.7 Å². The second-order valence-electron chi connectivity index (χ2n) is 6.08. The Kier molecular flexibility index (Phi) is 5.73. The van der Waals surface area contributed by atoms with Gasteiger partial charge in [0, 0.05) is 37.3 Å². The van der Waals surface area contributed by atoms with Crippen molar-refractivity contribution in [1.29, 1.82) is 0 Å². The Morgan fingerprint density at radius 3 is 2.62 bits per heavy atom. The zero-order valence-electron chi connectivity index (χ0n) is 13.4. The van der Waals surface area contributed by atoms with Crippen molar-refractivity contribution in [1.82, 2.24) is 9.80 Å². The number of likely N-dealkylation sites (N-methyl/N-ethyl adjacent to an activating group) is 1. The second kappa shape index (κ2) is 7.34. The highest BCUT2D eigenvalue weighted by atomic mass is 19.1. The monoisotopic (exact) mass is 293 g/mol. The van der Waals surface area contributed by atoms with Crippen LogP contribution in [0.5, 0.6) is 0 Å². The molecule has 1 aromatic carbocycles. The quantitative estimate of drug-likeness (QED) is 0.906. The highest BCUT2D eigenvalue weighted by molar-refractivity contribution is 5.23. The molecule has 0 aliphatic carbocycles. The molecule has 0 spiro atoms. The summed E-state index contributed by atoms with van der Waals surface area (Å²) in [5.41, 5.74) is 7.09. The van der Waals surface area contributed by atoms with Gasteiger partial charge in [-0.15, -0.1) is 0 Å². The van der Waals surface area contributed by atoms with Gasteiger partial charge in [0.25, 0.3) is 0 Å². The Labute approximate surface area is 127 Å². The molecule has 0 radical (unpaired) electrons.